The summed E-state index contributed by atoms with van der Waals surface area (Å²) in [4.78, 5) is 15.6. The third kappa shape index (κ3) is 2.65. The van der Waals surface area contributed by atoms with Crippen molar-refractivity contribution < 1.29 is 36.0 Å². The Hall–Kier alpha value is -2.10. The number of sulfone groups is 1. The van der Waals surface area contributed by atoms with E-state index in [-0.39, 0.29) is 11.3 Å². The number of oxime groups is 1. The molecule has 0 N–H and O–H groups in total. The fraction of sp³-hybridized carbons (Fsp3) is 0.333. The average Bonchev–Trinajstić information content (AvgIpc) is 2.67. The quantitative estimate of drug-likeness (QED) is 0.605. The Morgan fingerprint density at radius 1 is 1.27 bits per heavy atom. The van der Waals surface area contributed by atoms with E-state index in [0.29, 0.717) is 12.1 Å². The van der Waals surface area contributed by atoms with Crippen LogP contribution in [0.15, 0.2) is 22.2 Å². The molecule has 1 aromatic rings. The second-order valence-corrected chi connectivity index (χ2v) is 6.32. The molecular weight excluding hydrogens is 327 g/mol. The summed E-state index contributed by atoms with van der Waals surface area (Å²) >= 11 is 0. The number of benzene rings is 1. The van der Waals surface area contributed by atoms with Crippen molar-refractivity contribution in [1.29, 1.82) is 0 Å². The number of carbonyl (C=O) groups excluding carboxylic acids is 1. The fourth-order valence-corrected chi connectivity index (χ4v) is 3.63. The fourth-order valence-electron chi connectivity index (χ4n) is 2.10. The molecule has 0 fully saturated rings. The van der Waals surface area contributed by atoms with Gasteiger partial charge in [0, 0.05) is 5.56 Å². The number of ether oxygens (including phenoxy) is 1. The first-order valence-electron chi connectivity index (χ1n) is 5.78. The van der Waals surface area contributed by atoms with Gasteiger partial charge in [-0.25, -0.2) is 13.2 Å². The molecule has 0 atom stereocenters. The Morgan fingerprint density at radius 3 is 2.41 bits per heavy atom. The highest BCUT2D eigenvalue weighted by Gasteiger charge is 2.41. The monoisotopic (exact) mass is 337 g/mol. The third-order valence-corrected chi connectivity index (χ3v) is 4.67. The van der Waals surface area contributed by atoms with E-state index in [1.165, 1.54) is 0 Å². The molecule has 1 aliphatic rings. The Labute approximate surface area is 123 Å². The molecule has 0 saturated carbocycles. The Balaban J connectivity index is 2.82. The van der Waals surface area contributed by atoms with Gasteiger partial charge in [-0.1, -0.05) is 5.16 Å². The van der Waals surface area contributed by atoms with Crippen LogP contribution >= 0.6 is 0 Å². The number of carbonyl (C=O) groups is 1. The molecule has 6 nitrogen and oxygen atoms in total. The van der Waals surface area contributed by atoms with Crippen molar-refractivity contribution in [2.75, 3.05) is 20.0 Å². The van der Waals surface area contributed by atoms with Crippen LogP contribution < -0.4 is 0 Å². The maximum atomic E-state index is 13.1. The number of fused-ring (bicyclic) bond motifs is 1. The molecule has 0 bridgehead atoms. The van der Waals surface area contributed by atoms with Gasteiger partial charge in [0.1, 0.15) is 18.6 Å². The minimum absolute atomic E-state index is 0.153. The number of hydrogen-bond acceptors (Lipinski definition) is 6. The Morgan fingerprint density at radius 2 is 1.91 bits per heavy atom. The van der Waals surface area contributed by atoms with Crippen molar-refractivity contribution >= 4 is 21.5 Å². The standard InChI is InChI=1S/C12H10F3NO5S/c1-20-11(17)6-4-10-7(3-8(6)12(13,14)15)9(16-21-2)5-22(10,18)19/h3-4H,5H2,1-2H3/b16-9+. The first-order chi connectivity index (χ1) is 10.1. The molecule has 1 aliphatic heterocycles. The van der Waals surface area contributed by atoms with Crippen LogP contribution in [-0.4, -0.2) is 40.1 Å². The predicted octanol–water partition coefficient (Wildman–Crippen LogP) is 1.63. The highest BCUT2D eigenvalue weighted by atomic mass is 32.2. The summed E-state index contributed by atoms with van der Waals surface area (Å²) in [5, 5.41) is 3.43. The van der Waals surface area contributed by atoms with Crippen LogP contribution in [0.25, 0.3) is 0 Å². The van der Waals surface area contributed by atoms with Crippen molar-refractivity contribution in [3.05, 3.63) is 28.8 Å². The van der Waals surface area contributed by atoms with Crippen LogP contribution in [0.5, 0.6) is 0 Å². The predicted molar refractivity (Wildman–Crippen MR) is 68.4 cm³/mol. The SMILES string of the molecule is CO/N=C1\CS(=O)(=O)c2cc(C(=O)OC)c(C(F)(F)F)cc21. The van der Waals surface area contributed by atoms with Crippen LogP contribution in [0.4, 0.5) is 13.2 Å². The minimum Gasteiger partial charge on any atom is -0.465 e. The maximum Gasteiger partial charge on any atom is 0.417 e. The van der Waals surface area contributed by atoms with Gasteiger partial charge in [-0.2, -0.15) is 13.2 Å². The first kappa shape index (κ1) is 16.3. The van der Waals surface area contributed by atoms with Crippen molar-refractivity contribution in [3.63, 3.8) is 0 Å². The zero-order valence-electron chi connectivity index (χ0n) is 11.4. The molecule has 0 spiro atoms. The topological polar surface area (TPSA) is 82.0 Å². The lowest BCUT2D eigenvalue weighted by Crippen LogP contribution is -2.16. The number of alkyl halides is 3. The molecular formula is C12H10F3NO5S. The van der Waals surface area contributed by atoms with Gasteiger partial charge in [0.25, 0.3) is 0 Å². The van der Waals surface area contributed by atoms with Gasteiger partial charge < -0.3 is 9.57 Å². The van der Waals surface area contributed by atoms with E-state index in [0.717, 1.165) is 14.2 Å². The maximum absolute atomic E-state index is 13.1. The molecule has 0 amide bonds. The number of hydrogen-bond donors (Lipinski definition) is 0. The molecule has 0 radical (unpaired) electrons. The molecule has 0 aromatic heterocycles. The number of nitrogens with zero attached hydrogens (tertiary/aromatic N) is 1. The Kier molecular flexibility index (Phi) is 3.90. The largest absolute Gasteiger partial charge is 0.465 e. The zero-order chi connectivity index (χ0) is 16.7. The van der Waals surface area contributed by atoms with E-state index >= 15 is 0 Å². The third-order valence-electron chi connectivity index (χ3n) is 3.00. The highest BCUT2D eigenvalue weighted by molar-refractivity contribution is 7.92. The highest BCUT2D eigenvalue weighted by Crippen LogP contribution is 2.37. The first-order valence-corrected chi connectivity index (χ1v) is 7.43. The van der Waals surface area contributed by atoms with Gasteiger partial charge in [0.15, 0.2) is 9.84 Å². The summed E-state index contributed by atoms with van der Waals surface area (Å²) in [5.74, 6) is -1.87. The van der Waals surface area contributed by atoms with E-state index in [2.05, 4.69) is 14.7 Å². The van der Waals surface area contributed by atoms with Gasteiger partial charge >= 0.3 is 12.1 Å². The van der Waals surface area contributed by atoms with E-state index in [9.17, 15) is 26.4 Å². The molecule has 10 heteroatoms. The van der Waals surface area contributed by atoms with Gasteiger partial charge in [-0.05, 0) is 12.1 Å². The van der Waals surface area contributed by atoms with Gasteiger partial charge in [-0.15, -0.1) is 0 Å². The van der Waals surface area contributed by atoms with Crippen molar-refractivity contribution in [2.24, 2.45) is 5.16 Å². The van der Waals surface area contributed by atoms with E-state index in [1.54, 1.807) is 0 Å². The smallest absolute Gasteiger partial charge is 0.417 e. The molecule has 0 aliphatic carbocycles. The molecule has 0 unspecified atom stereocenters. The molecule has 120 valence electrons. The van der Waals surface area contributed by atoms with Crippen LogP contribution in [0.3, 0.4) is 0 Å². The molecule has 1 heterocycles. The van der Waals surface area contributed by atoms with E-state index in [4.69, 9.17) is 0 Å². The molecule has 22 heavy (non-hydrogen) atoms. The average molecular weight is 337 g/mol. The molecule has 0 saturated heterocycles. The summed E-state index contributed by atoms with van der Waals surface area (Å²) in [6, 6.07) is 1.24. The molecule has 1 aromatic carbocycles. The van der Waals surface area contributed by atoms with Crippen molar-refractivity contribution in [3.8, 4) is 0 Å². The number of rotatable bonds is 2. The summed E-state index contributed by atoms with van der Waals surface area (Å²) in [6.45, 7) is 0. The van der Waals surface area contributed by atoms with Crippen LogP contribution in [-0.2, 0) is 25.6 Å². The van der Waals surface area contributed by atoms with Crippen LogP contribution in [0.1, 0.15) is 21.5 Å². The van der Waals surface area contributed by atoms with Crippen molar-refractivity contribution in [1.82, 2.24) is 0 Å². The van der Waals surface area contributed by atoms with E-state index < -0.39 is 43.8 Å². The number of halogens is 3. The van der Waals surface area contributed by atoms with E-state index in [1.807, 2.05) is 0 Å². The summed E-state index contributed by atoms with van der Waals surface area (Å²) in [6.07, 6.45) is -4.86. The number of esters is 1. The number of methoxy groups -OCH3 is 1. The van der Waals surface area contributed by atoms with Crippen molar-refractivity contribution in [2.45, 2.75) is 11.1 Å². The lowest BCUT2D eigenvalue weighted by Gasteiger charge is -2.13. The van der Waals surface area contributed by atoms with Gasteiger partial charge in [0.05, 0.1) is 23.1 Å². The molecule has 2 rings (SSSR count). The summed E-state index contributed by atoms with van der Waals surface area (Å²) < 4.78 is 67.5. The van der Waals surface area contributed by atoms with Gasteiger partial charge in [-0.3, -0.25) is 0 Å². The Bertz CT molecular complexity index is 768. The van der Waals surface area contributed by atoms with Gasteiger partial charge in [0.2, 0.25) is 0 Å². The summed E-state index contributed by atoms with van der Waals surface area (Å²) in [5.41, 5.74) is -2.55. The lowest BCUT2D eigenvalue weighted by atomic mass is 10.0. The van der Waals surface area contributed by atoms with Crippen LogP contribution in [0.2, 0.25) is 0 Å². The lowest BCUT2D eigenvalue weighted by molar-refractivity contribution is -0.138. The van der Waals surface area contributed by atoms with Crippen LogP contribution in [0, 0.1) is 0 Å². The second kappa shape index (κ2) is 5.27. The normalized spacial score (nSPS) is 18.1. The summed E-state index contributed by atoms with van der Waals surface area (Å²) in [7, 11) is -1.84. The zero-order valence-corrected chi connectivity index (χ0v) is 12.2. The minimum atomic E-state index is -4.86. The second-order valence-electron chi connectivity index (χ2n) is 4.36.